The molecule has 0 bridgehead atoms. The molecule has 5 heteroatoms. The zero-order chi connectivity index (χ0) is 13.8. The molecule has 0 spiro atoms. The van der Waals surface area contributed by atoms with Crippen LogP contribution in [-0.4, -0.2) is 7.05 Å². The smallest absolute Gasteiger partial charge is 0.137 e. The Bertz CT molecular complexity index is 592. The number of ether oxygens (including phenoxy) is 1. The van der Waals surface area contributed by atoms with Crippen LogP contribution >= 0.6 is 27.5 Å². The van der Waals surface area contributed by atoms with E-state index in [1.165, 1.54) is 6.07 Å². The van der Waals surface area contributed by atoms with Crippen LogP contribution in [-0.2, 0) is 6.54 Å². The number of benzene rings is 2. The molecular weight excluding hydrogens is 333 g/mol. The molecule has 19 heavy (non-hydrogen) atoms. The Morgan fingerprint density at radius 3 is 2.74 bits per heavy atom. The van der Waals surface area contributed by atoms with E-state index in [2.05, 4.69) is 21.2 Å². The molecule has 2 aromatic rings. The van der Waals surface area contributed by atoms with Crippen LogP contribution in [0.4, 0.5) is 4.39 Å². The first-order valence-corrected chi connectivity index (χ1v) is 6.83. The Morgan fingerprint density at radius 1 is 1.26 bits per heavy atom. The van der Waals surface area contributed by atoms with Crippen molar-refractivity contribution in [2.24, 2.45) is 0 Å². The fourth-order valence-electron chi connectivity index (χ4n) is 1.64. The van der Waals surface area contributed by atoms with Gasteiger partial charge in [0.05, 0.1) is 4.47 Å². The Kier molecular flexibility index (Phi) is 4.80. The van der Waals surface area contributed by atoms with Crippen LogP contribution < -0.4 is 10.1 Å². The van der Waals surface area contributed by atoms with E-state index < -0.39 is 0 Å². The SMILES string of the molecule is CNCc1cc(Cl)ccc1Oc1ccc(F)c(Br)c1. The van der Waals surface area contributed by atoms with Crippen LogP contribution in [0.5, 0.6) is 11.5 Å². The Morgan fingerprint density at radius 2 is 2.05 bits per heavy atom. The normalized spacial score (nSPS) is 10.5. The molecule has 0 fully saturated rings. The summed E-state index contributed by atoms with van der Waals surface area (Å²) >= 11 is 9.09. The van der Waals surface area contributed by atoms with Gasteiger partial charge in [0.2, 0.25) is 0 Å². The first-order chi connectivity index (χ1) is 9.10. The summed E-state index contributed by atoms with van der Waals surface area (Å²) in [4.78, 5) is 0. The van der Waals surface area contributed by atoms with Gasteiger partial charge in [-0.2, -0.15) is 0 Å². The lowest BCUT2D eigenvalue weighted by Crippen LogP contribution is -2.06. The van der Waals surface area contributed by atoms with E-state index in [-0.39, 0.29) is 5.82 Å². The lowest BCUT2D eigenvalue weighted by Gasteiger charge is -2.12. The molecule has 0 aromatic heterocycles. The maximum Gasteiger partial charge on any atom is 0.137 e. The zero-order valence-corrected chi connectivity index (χ0v) is 12.6. The molecule has 0 heterocycles. The predicted molar refractivity (Wildman–Crippen MR) is 78.4 cm³/mol. The second kappa shape index (κ2) is 6.37. The van der Waals surface area contributed by atoms with Crippen LogP contribution in [0.25, 0.3) is 0 Å². The quantitative estimate of drug-likeness (QED) is 0.864. The van der Waals surface area contributed by atoms with Gasteiger partial charge in [0.15, 0.2) is 0 Å². The van der Waals surface area contributed by atoms with Gasteiger partial charge in [-0.05, 0) is 59.4 Å². The minimum absolute atomic E-state index is 0.320. The van der Waals surface area contributed by atoms with Crippen molar-refractivity contribution in [3.63, 3.8) is 0 Å². The summed E-state index contributed by atoms with van der Waals surface area (Å²) in [6.07, 6.45) is 0. The molecule has 0 aliphatic carbocycles. The maximum atomic E-state index is 13.2. The number of rotatable bonds is 4. The van der Waals surface area contributed by atoms with Crippen molar-refractivity contribution < 1.29 is 9.13 Å². The van der Waals surface area contributed by atoms with Crippen LogP contribution in [0, 0.1) is 5.82 Å². The Balaban J connectivity index is 2.29. The average molecular weight is 345 g/mol. The molecule has 0 saturated heterocycles. The zero-order valence-electron chi connectivity index (χ0n) is 10.2. The molecule has 2 nitrogen and oxygen atoms in total. The average Bonchev–Trinajstić information content (AvgIpc) is 2.37. The van der Waals surface area contributed by atoms with Crippen LogP contribution in [0.2, 0.25) is 5.02 Å². The Labute approximate surface area is 124 Å². The molecule has 0 amide bonds. The number of hydrogen-bond donors (Lipinski definition) is 1. The predicted octanol–water partition coefficient (Wildman–Crippen LogP) is 4.75. The fraction of sp³-hybridized carbons (Fsp3) is 0.143. The van der Waals surface area contributed by atoms with E-state index in [9.17, 15) is 4.39 Å². The summed E-state index contributed by atoms with van der Waals surface area (Å²) in [5.74, 6) is 0.934. The highest BCUT2D eigenvalue weighted by Crippen LogP contribution is 2.30. The first kappa shape index (κ1) is 14.3. The van der Waals surface area contributed by atoms with Crippen LogP contribution in [0.15, 0.2) is 40.9 Å². The first-order valence-electron chi connectivity index (χ1n) is 5.66. The van der Waals surface area contributed by atoms with Crippen molar-refractivity contribution in [2.75, 3.05) is 7.05 Å². The second-order valence-corrected chi connectivity index (χ2v) is 5.25. The number of nitrogens with one attached hydrogen (secondary N) is 1. The molecular formula is C14H12BrClFNO. The largest absolute Gasteiger partial charge is 0.457 e. The molecule has 0 atom stereocenters. The lowest BCUT2D eigenvalue weighted by atomic mass is 10.2. The third kappa shape index (κ3) is 3.69. The molecule has 0 saturated carbocycles. The molecule has 0 aliphatic heterocycles. The highest BCUT2D eigenvalue weighted by Gasteiger charge is 2.07. The van der Waals surface area contributed by atoms with E-state index >= 15 is 0 Å². The van der Waals surface area contributed by atoms with Crippen LogP contribution in [0.1, 0.15) is 5.56 Å². The monoisotopic (exact) mass is 343 g/mol. The van der Waals surface area contributed by atoms with Gasteiger partial charge in [0.1, 0.15) is 17.3 Å². The van der Waals surface area contributed by atoms with Gasteiger partial charge >= 0.3 is 0 Å². The molecule has 0 radical (unpaired) electrons. The highest BCUT2D eigenvalue weighted by molar-refractivity contribution is 9.10. The highest BCUT2D eigenvalue weighted by atomic mass is 79.9. The third-order valence-electron chi connectivity index (χ3n) is 2.51. The van der Waals surface area contributed by atoms with Crippen molar-refractivity contribution in [2.45, 2.75) is 6.54 Å². The minimum atomic E-state index is -0.320. The summed E-state index contributed by atoms with van der Waals surface area (Å²) in [5, 5.41) is 3.70. The molecule has 0 aliphatic rings. The topological polar surface area (TPSA) is 21.3 Å². The van der Waals surface area contributed by atoms with Crippen molar-refractivity contribution in [1.29, 1.82) is 0 Å². The van der Waals surface area contributed by atoms with Crippen molar-refractivity contribution in [3.8, 4) is 11.5 Å². The molecule has 0 unspecified atom stereocenters. The van der Waals surface area contributed by atoms with Gasteiger partial charge in [-0.3, -0.25) is 0 Å². The van der Waals surface area contributed by atoms with Gasteiger partial charge in [-0.1, -0.05) is 11.6 Å². The third-order valence-corrected chi connectivity index (χ3v) is 3.35. The minimum Gasteiger partial charge on any atom is -0.457 e. The molecule has 2 rings (SSSR count). The summed E-state index contributed by atoms with van der Waals surface area (Å²) in [6.45, 7) is 0.637. The van der Waals surface area contributed by atoms with Gasteiger partial charge < -0.3 is 10.1 Å². The van der Waals surface area contributed by atoms with Gasteiger partial charge in [-0.25, -0.2) is 4.39 Å². The van der Waals surface area contributed by atoms with E-state index in [1.807, 2.05) is 13.1 Å². The standard InChI is InChI=1S/C14H12BrClFNO/c1-18-8-9-6-10(16)2-5-14(9)19-11-3-4-13(17)12(15)7-11/h2-7,18H,8H2,1H3. The number of hydrogen-bond acceptors (Lipinski definition) is 2. The number of halogens is 3. The van der Waals surface area contributed by atoms with Gasteiger partial charge in [0, 0.05) is 17.1 Å². The maximum absolute atomic E-state index is 13.2. The molecule has 2 aromatic carbocycles. The van der Waals surface area contributed by atoms with Crippen molar-refractivity contribution >= 4 is 27.5 Å². The lowest BCUT2D eigenvalue weighted by molar-refractivity contribution is 0.472. The summed E-state index contributed by atoms with van der Waals surface area (Å²) in [5.41, 5.74) is 0.940. The van der Waals surface area contributed by atoms with Crippen molar-refractivity contribution in [1.82, 2.24) is 5.32 Å². The summed E-state index contributed by atoms with van der Waals surface area (Å²) in [7, 11) is 1.85. The molecule has 100 valence electrons. The van der Waals surface area contributed by atoms with E-state index in [0.29, 0.717) is 27.5 Å². The van der Waals surface area contributed by atoms with E-state index in [0.717, 1.165) is 5.56 Å². The van der Waals surface area contributed by atoms with Crippen molar-refractivity contribution in [3.05, 3.63) is 57.3 Å². The van der Waals surface area contributed by atoms with E-state index in [1.54, 1.807) is 24.3 Å². The van der Waals surface area contributed by atoms with E-state index in [4.69, 9.17) is 16.3 Å². The molecule has 1 N–H and O–H groups in total. The fourth-order valence-corrected chi connectivity index (χ4v) is 2.20. The summed E-state index contributed by atoms with van der Waals surface area (Å²) in [6, 6.07) is 9.92. The van der Waals surface area contributed by atoms with Gasteiger partial charge in [0.25, 0.3) is 0 Å². The second-order valence-electron chi connectivity index (χ2n) is 3.96. The van der Waals surface area contributed by atoms with Gasteiger partial charge in [-0.15, -0.1) is 0 Å². The van der Waals surface area contributed by atoms with Crippen LogP contribution in [0.3, 0.4) is 0 Å². The summed E-state index contributed by atoms with van der Waals surface area (Å²) < 4.78 is 19.3. The Hall–Kier alpha value is -1.10.